The van der Waals surface area contributed by atoms with E-state index >= 15 is 0 Å². The van der Waals surface area contributed by atoms with Gasteiger partial charge in [-0.3, -0.25) is 4.98 Å². The smallest absolute Gasteiger partial charge is 0.174 e. The van der Waals surface area contributed by atoms with Gasteiger partial charge >= 0.3 is 0 Å². The minimum absolute atomic E-state index is 0.0610. The van der Waals surface area contributed by atoms with E-state index in [4.69, 9.17) is 17.0 Å². The molecular weight excluding hydrogens is 508 g/mol. The predicted molar refractivity (Wildman–Crippen MR) is 144 cm³/mol. The number of benzene rings is 2. The lowest BCUT2D eigenvalue weighted by Crippen LogP contribution is -2.29. The van der Waals surface area contributed by atoms with Gasteiger partial charge in [-0.25, -0.2) is 0 Å². The molecule has 1 saturated heterocycles. The number of methoxy groups -OCH3 is 1. The zero-order valence-electron chi connectivity index (χ0n) is 19.2. The maximum absolute atomic E-state index is 5.87. The molecule has 4 aromatic rings. The van der Waals surface area contributed by atoms with Crippen molar-refractivity contribution in [3.63, 3.8) is 0 Å². The van der Waals surface area contributed by atoms with Crippen molar-refractivity contribution in [3.8, 4) is 11.4 Å². The molecule has 5 nitrogen and oxygen atoms in total. The Morgan fingerprint density at radius 3 is 2.47 bits per heavy atom. The van der Waals surface area contributed by atoms with Crippen molar-refractivity contribution in [2.45, 2.75) is 25.9 Å². The van der Waals surface area contributed by atoms with E-state index in [0.29, 0.717) is 5.11 Å². The second-order valence-corrected chi connectivity index (χ2v) is 9.64. The Bertz CT molecular complexity index is 1340. The second-order valence-electron chi connectivity index (χ2n) is 8.34. The highest BCUT2D eigenvalue weighted by atomic mass is 79.9. The highest BCUT2D eigenvalue weighted by Crippen LogP contribution is 2.44. The summed E-state index contributed by atoms with van der Waals surface area (Å²) in [5.41, 5.74) is 6.57. The Morgan fingerprint density at radius 2 is 1.76 bits per heavy atom. The monoisotopic (exact) mass is 532 g/mol. The number of anilines is 1. The SMILES string of the molecule is COc1cccc(-n2c(C)cc([C@H]3[C@@H](c4ccccn4)NC(=S)N3c3ccc(Br)cc3)c2C)c1. The quantitative estimate of drug-likeness (QED) is 0.299. The number of hydrogen-bond acceptors (Lipinski definition) is 3. The summed E-state index contributed by atoms with van der Waals surface area (Å²) < 4.78 is 8.78. The Morgan fingerprint density at radius 1 is 0.971 bits per heavy atom. The zero-order valence-corrected chi connectivity index (χ0v) is 21.6. The van der Waals surface area contributed by atoms with E-state index in [1.807, 2.05) is 42.6 Å². The number of aromatic nitrogens is 2. The molecular formula is C27H25BrN4OS. The van der Waals surface area contributed by atoms with Crippen LogP contribution in [0.15, 0.2) is 83.5 Å². The van der Waals surface area contributed by atoms with Gasteiger partial charge in [-0.05, 0) is 86.2 Å². The first-order chi connectivity index (χ1) is 16.5. The van der Waals surface area contributed by atoms with E-state index in [-0.39, 0.29) is 12.1 Å². The molecule has 0 aliphatic carbocycles. The fourth-order valence-corrected chi connectivity index (χ4v) is 5.39. The second kappa shape index (κ2) is 9.24. The van der Waals surface area contributed by atoms with Crippen molar-refractivity contribution < 1.29 is 4.74 Å². The normalized spacial score (nSPS) is 17.6. The fraction of sp³-hybridized carbons (Fsp3) is 0.185. The van der Waals surface area contributed by atoms with Crippen molar-refractivity contribution in [2.24, 2.45) is 0 Å². The number of thiocarbonyl (C=S) groups is 1. The van der Waals surface area contributed by atoms with Crippen molar-refractivity contribution >= 4 is 38.9 Å². The van der Waals surface area contributed by atoms with E-state index in [9.17, 15) is 0 Å². The van der Waals surface area contributed by atoms with E-state index < -0.39 is 0 Å². The van der Waals surface area contributed by atoms with Gasteiger partial charge in [-0.15, -0.1) is 0 Å². The number of ether oxygens (including phenoxy) is 1. The van der Waals surface area contributed by atoms with E-state index in [0.717, 1.165) is 38.7 Å². The molecule has 34 heavy (non-hydrogen) atoms. The molecule has 2 aromatic heterocycles. The molecule has 0 unspecified atom stereocenters. The Balaban J connectivity index is 1.67. The van der Waals surface area contributed by atoms with Crippen LogP contribution in [0.25, 0.3) is 5.69 Å². The van der Waals surface area contributed by atoms with Crippen LogP contribution >= 0.6 is 28.1 Å². The highest BCUT2D eigenvalue weighted by molar-refractivity contribution is 9.10. The van der Waals surface area contributed by atoms with Gasteiger partial charge in [-0.1, -0.05) is 28.1 Å². The topological polar surface area (TPSA) is 42.3 Å². The summed E-state index contributed by atoms with van der Waals surface area (Å²) in [6, 6.07) is 24.5. The number of rotatable bonds is 5. The molecule has 1 fully saturated rings. The van der Waals surface area contributed by atoms with Gasteiger partial charge in [0.1, 0.15) is 5.75 Å². The molecule has 0 saturated carbocycles. The fourth-order valence-electron chi connectivity index (χ4n) is 4.78. The number of nitrogens with zero attached hydrogens (tertiary/aromatic N) is 3. The minimum atomic E-state index is -0.0865. The number of hydrogen-bond donors (Lipinski definition) is 1. The lowest BCUT2D eigenvalue weighted by molar-refractivity contribution is 0.414. The lowest BCUT2D eigenvalue weighted by Gasteiger charge is -2.28. The van der Waals surface area contributed by atoms with Crippen molar-refractivity contribution in [3.05, 3.63) is 106 Å². The summed E-state index contributed by atoms with van der Waals surface area (Å²) in [6.45, 7) is 4.30. The minimum Gasteiger partial charge on any atom is -0.497 e. The van der Waals surface area contributed by atoms with Crippen LogP contribution in [0.4, 0.5) is 5.69 Å². The summed E-state index contributed by atoms with van der Waals surface area (Å²) in [4.78, 5) is 6.88. The van der Waals surface area contributed by atoms with Crippen LogP contribution in [0.3, 0.4) is 0 Å². The van der Waals surface area contributed by atoms with Crippen molar-refractivity contribution in [1.29, 1.82) is 0 Å². The first kappa shape index (κ1) is 22.6. The summed E-state index contributed by atoms with van der Waals surface area (Å²) >= 11 is 9.42. The van der Waals surface area contributed by atoms with E-state index in [2.05, 4.69) is 85.9 Å². The molecule has 1 N–H and O–H groups in total. The molecule has 1 aliphatic heterocycles. The molecule has 1 aliphatic rings. The Labute approximate surface area is 213 Å². The highest BCUT2D eigenvalue weighted by Gasteiger charge is 2.42. The number of aryl methyl sites for hydroxylation is 1. The van der Waals surface area contributed by atoms with E-state index in [1.165, 1.54) is 5.56 Å². The standard InChI is InChI=1S/C27H25BrN4OS/c1-17-15-23(18(2)31(17)21-7-6-8-22(16-21)33-3)26-25(24-9-4-5-14-29-24)30-27(34)32(26)20-12-10-19(28)11-13-20/h4-16,25-26H,1-3H3,(H,30,34)/t25-,26+/m1/s1. The summed E-state index contributed by atoms with van der Waals surface area (Å²) in [6.07, 6.45) is 1.83. The third kappa shape index (κ3) is 3.99. The molecule has 5 rings (SSSR count). The maximum atomic E-state index is 5.87. The summed E-state index contributed by atoms with van der Waals surface area (Å²) in [7, 11) is 1.69. The first-order valence-corrected chi connectivity index (χ1v) is 12.3. The summed E-state index contributed by atoms with van der Waals surface area (Å²) in [5, 5.41) is 4.24. The number of halogens is 1. The van der Waals surface area contributed by atoms with Crippen LogP contribution in [-0.2, 0) is 0 Å². The molecule has 0 bridgehead atoms. The van der Waals surface area contributed by atoms with E-state index in [1.54, 1.807) is 7.11 Å². The first-order valence-electron chi connectivity index (χ1n) is 11.1. The molecule has 0 spiro atoms. The Kier molecular flexibility index (Phi) is 6.15. The molecule has 7 heteroatoms. The lowest BCUT2D eigenvalue weighted by atomic mass is 9.96. The van der Waals surface area contributed by atoms with Gasteiger partial charge in [0.05, 0.1) is 24.9 Å². The van der Waals surface area contributed by atoms with Crippen LogP contribution in [0, 0.1) is 13.8 Å². The van der Waals surface area contributed by atoms with Gasteiger partial charge in [0.15, 0.2) is 5.11 Å². The number of pyridine rings is 1. The maximum Gasteiger partial charge on any atom is 0.174 e. The molecule has 3 heterocycles. The third-order valence-corrected chi connectivity index (χ3v) is 7.15. The van der Waals surface area contributed by atoms with Gasteiger partial charge in [-0.2, -0.15) is 0 Å². The molecule has 0 amide bonds. The predicted octanol–water partition coefficient (Wildman–Crippen LogP) is 6.44. The van der Waals surface area contributed by atoms with Gasteiger partial charge in [0.25, 0.3) is 0 Å². The van der Waals surface area contributed by atoms with Crippen molar-refractivity contribution in [2.75, 3.05) is 12.0 Å². The number of nitrogens with one attached hydrogen (secondary N) is 1. The van der Waals surface area contributed by atoms with Gasteiger partial charge in [0.2, 0.25) is 0 Å². The van der Waals surface area contributed by atoms with Crippen LogP contribution in [-0.4, -0.2) is 21.8 Å². The largest absolute Gasteiger partial charge is 0.497 e. The van der Waals surface area contributed by atoms with Crippen molar-refractivity contribution in [1.82, 2.24) is 14.9 Å². The average molecular weight is 533 g/mol. The summed E-state index contributed by atoms with van der Waals surface area (Å²) in [5.74, 6) is 0.832. The Hall–Kier alpha value is -3.16. The molecule has 172 valence electrons. The average Bonchev–Trinajstić information content (AvgIpc) is 3.35. The van der Waals surface area contributed by atoms with Gasteiger partial charge in [0, 0.05) is 39.5 Å². The molecule has 2 atom stereocenters. The van der Waals surface area contributed by atoms with Gasteiger partial charge < -0.3 is 19.5 Å². The van der Waals surface area contributed by atoms with Crippen LogP contribution < -0.4 is 15.0 Å². The molecule has 0 radical (unpaired) electrons. The van der Waals surface area contributed by atoms with Crippen LogP contribution in [0.5, 0.6) is 5.75 Å². The molecule has 2 aromatic carbocycles. The van der Waals surface area contributed by atoms with Crippen LogP contribution in [0.2, 0.25) is 0 Å². The third-order valence-electron chi connectivity index (χ3n) is 6.30. The zero-order chi connectivity index (χ0) is 23.8. The van der Waals surface area contributed by atoms with Crippen LogP contribution in [0.1, 0.15) is 34.7 Å².